The lowest BCUT2D eigenvalue weighted by Gasteiger charge is -1.95. The average molecular weight is 184 g/mol. The second-order valence-corrected chi connectivity index (χ2v) is 2.67. The zero-order chi connectivity index (χ0) is 10.4. The number of rotatable bonds is 4. The molecule has 0 rings (SSSR count). The van der Waals surface area contributed by atoms with Crippen molar-refractivity contribution < 1.29 is 19.8 Å². The molecule has 0 saturated heterocycles. The van der Waals surface area contributed by atoms with Crippen LogP contribution in [-0.4, -0.2) is 22.2 Å². The van der Waals surface area contributed by atoms with Gasteiger partial charge in [0.05, 0.1) is 5.92 Å². The zero-order valence-electron chi connectivity index (χ0n) is 7.52. The van der Waals surface area contributed by atoms with Gasteiger partial charge in [-0.15, -0.1) is 0 Å². The molecule has 0 aromatic rings. The lowest BCUT2D eigenvalue weighted by molar-refractivity contribution is -0.139. The van der Waals surface area contributed by atoms with E-state index in [-0.39, 0.29) is 5.57 Å². The van der Waals surface area contributed by atoms with Crippen LogP contribution < -0.4 is 0 Å². The first-order valence-electron chi connectivity index (χ1n) is 3.76. The molecule has 0 aliphatic carbocycles. The van der Waals surface area contributed by atoms with E-state index in [0.717, 1.165) is 0 Å². The fraction of sp³-hybridized carbons (Fsp3) is 0.333. The van der Waals surface area contributed by atoms with Crippen molar-refractivity contribution in [2.45, 2.75) is 13.8 Å². The van der Waals surface area contributed by atoms with Crippen LogP contribution in [0.3, 0.4) is 0 Å². The van der Waals surface area contributed by atoms with Crippen LogP contribution in [-0.2, 0) is 9.59 Å². The number of aliphatic carboxylic acids is 2. The highest BCUT2D eigenvalue weighted by molar-refractivity contribution is 5.86. The third kappa shape index (κ3) is 4.79. The molecule has 13 heavy (non-hydrogen) atoms. The Morgan fingerprint density at radius 1 is 1.31 bits per heavy atom. The van der Waals surface area contributed by atoms with E-state index in [0.29, 0.717) is 0 Å². The summed E-state index contributed by atoms with van der Waals surface area (Å²) in [6, 6.07) is 0. The topological polar surface area (TPSA) is 74.6 Å². The summed E-state index contributed by atoms with van der Waals surface area (Å²) in [5, 5.41) is 16.9. The summed E-state index contributed by atoms with van der Waals surface area (Å²) in [5.74, 6) is -2.54. The number of hydrogen-bond donors (Lipinski definition) is 2. The maximum Gasteiger partial charge on any atom is 0.331 e. The molecule has 2 N–H and O–H groups in total. The Balaban J connectivity index is 4.22. The Morgan fingerprint density at radius 2 is 1.85 bits per heavy atom. The Labute approximate surface area is 76.2 Å². The fourth-order valence-electron chi connectivity index (χ4n) is 0.520. The van der Waals surface area contributed by atoms with Gasteiger partial charge in [-0.1, -0.05) is 18.2 Å². The van der Waals surface area contributed by atoms with Crippen LogP contribution in [0.4, 0.5) is 0 Å². The summed E-state index contributed by atoms with van der Waals surface area (Å²) in [5.41, 5.74) is 0.175. The lowest BCUT2D eigenvalue weighted by atomic mass is 10.1. The Morgan fingerprint density at radius 3 is 2.23 bits per heavy atom. The van der Waals surface area contributed by atoms with E-state index in [1.807, 2.05) is 0 Å². The zero-order valence-corrected chi connectivity index (χ0v) is 7.52. The maximum absolute atomic E-state index is 10.3. The largest absolute Gasteiger partial charge is 0.481 e. The SMILES string of the molecule is C/C(=C\C=C\C(C)C(=O)O)C(=O)O. The summed E-state index contributed by atoms with van der Waals surface area (Å²) in [4.78, 5) is 20.6. The van der Waals surface area contributed by atoms with Crippen LogP contribution in [0.15, 0.2) is 23.8 Å². The van der Waals surface area contributed by atoms with E-state index in [1.54, 1.807) is 0 Å². The van der Waals surface area contributed by atoms with Crippen LogP contribution in [0.25, 0.3) is 0 Å². The molecule has 0 fully saturated rings. The standard InChI is InChI=1S/C9H12O4/c1-6(8(10)11)4-3-5-7(2)9(12)13/h3-6H,1-2H3,(H,10,11)(H,12,13)/b4-3+,7-5+. The van der Waals surface area contributed by atoms with E-state index >= 15 is 0 Å². The molecule has 1 atom stereocenters. The van der Waals surface area contributed by atoms with Gasteiger partial charge in [0.1, 0.15) is 0 Å². The molecule has 0 aromatic carbocycles. The molecular formula is C9H12O4. The van der Waals surface area contributed by atoms with Gasteiger partial charge in [-0.05, 0) is 13.8 Å². The third-order valence-corrected chi connectivity index (χ3v) is 1.47. The molecule has 0 saturated carbocycles. The molecule has 0 aromatic heterocycles. The lowest BCUT2D eigenvalue weighted by Crippen LogP contribution is -2.05. The highest BCUT2D eigenvalue weighted by Gasteiger charge is 2.04. The average Bonchev–Trinajstić information content (AvgIpc) is 2.03. The highest BCUT2D eigenvalue weighted by atomic mass is 16.4. The van der Waals surface area contributed by atoms with Gasteiger partial charge in [0.2, 0.25) is 0 Å². The minimum Gasteiger partial charge on any atom is -0.481 e. The number of carboxylic acid groups (broad SMARTS) is 2. The minimum atomic E-state index is -1.01. The van der Waals surface area contributed by atoms with E-state index in [2.05, 4.69) is 0 Å². The minimum absolute atomic E-state index is 0.175. The molecule has 0 spiro atoms. The van der Waals surface area contributed by atoms with Gasteiger partial charge in [-0.25, -0.2) is 4.79 Å². The van der Waals surface area contributed by atoms with E-state index in [9.17, 15) is 9.59 Å². The molecule has 0 amide bonds. The molecule has 1 unspecified atom stereocenters. The quantitative estimate of drug-likeness (QED) is 0.510. The van der Waals surface area contributed by atoms with Gasteiger partial charge in [0.15, 0.2) is 0 Å². The fourth-order valence-corrected chi connectivity index (χ4v) is 0.520. The molecular weight excluding hydrogens is 172 g/mol. The molecule has 4 heteroatoms. The number of hydrogen-bond acceptors (Lipinski definition) is 2. The number of allylic oxidation sites excluding steroid dienone is 2. The van der Waals surface area contributed by atoms with E-state index in [1.165, 1.54) is 32.1 Å². The Kier molecular flexibility index (Phi) is 4.51. The van der Waals surface area contributed by atoms with Crippen LogP contribution in [0.1, 0.15) is 13.8 Å². The Bertz CT molecular complexity index is 263. The van der Waals surface area contributed by atoms with Gasteiger partial charge in [-0.3, -0.25) is 4.79 Å². The van der Waals surface area contributed by atoms with Crippen LogP contribution in [0.5, 0.6) is 0 Å². The smallest absolute Gasteiger partial charge is 0.331 e. The molecule has 0 radical (unpaired) electrons. The van der Waals surface area contributed by atoms with Crippen molar-refractivity contribution in [1.82, 2.24) is 0 Å². The van der Waals surface area contributed by atoms with Crippen molar-refractivity contribution >= 4 is 11.9 Å². The first-order chi connectivity index (χ1) is 5.95. The summed E-state index contributed by atoms with van der Waals surface area (Å²) in [7, 11) is 0. The molecule has 0 bridgehead atoms. The predicted molar refractivity (Wildman–Crippen MR) is 47.3 cm³/mol. The predicted octanol–water partition coefficient (Wildman–Crippen LogP) is 1.29. The van der Waals surface area contributed by atoms with E-state index < -0.39 is 17.9 Å². The van der Waals surface area contributed by atoms with Crippen LogP contribution in [0.2, 0.25) is 0 Å². The Hall–Kier alpha value is -1.58. The summed E-state index contributed by atoms with van der Waals surface area (Å²) in [6.07, 6.45) is 4.22. The first-order valence-corrected chi connectivity index (χ1v) is 3.76. The van der Waals surface area contributed by atoms with Crippen molar-refractivity contribution in [3.63, 3.8) is 0 Å². The van der Waals surface area contributed by atoms with Crippen molar-refractivity contribution in [1.29, 1.82) is 0 Å². The van der Waals surface area contributed by atoms with Gasteiger partial charge in [0.25, 0.3) is 0 Å². The van der Waals surface area contributed by atoms with E-state index in [4.69, 9.17) is 10.2 Å². The van der Waals surface area contributed by atoms with Gasteiger partial charge in [-0.2, -0.15) is 0 Å². The second kappa shape index (κ2) is 5.13. The van der Waals surface area contributed by atoms with Gasteiger partial charge >= 0.3 is 11.9 Å². The second-order valence-electron chi connectivity index (χ2n) is 2.67. The van der Waals surface area contributed by atoms with Crippen molar-refractivity contribution in [2.75, 3.05) is 0 Å². The molecule has 0 heterocycles. The molecule has 4 nitrogen and oxygen atoms in total. The molecule has 72 valence electrons. The number of carbonyl (C=O) groups is 2. The molecule has 0 aliphatic rings. The maximum atomic E-state index is 10.3. The highest BCUT2D eigenvalue weighted by Crippen LogP contribution is 1.99. The van der Waals surface area contributed by atoms with Crippen molar-refractivity contribution in [3.8, 4) is 0 Å². The number of carboxylic acids is 2. The third-order valence-electron chi connectivity index (χ3n) is 1.47. The normalized spacial score (nSPS) is 14.5. The van der Waals surface area contributed by atoms with Crippen molar-refractivity contribution in [3.05, 3.63) is 23.8 Å². The molecule has 0 aliphatic heterocycles. The van der Waals surface area contributed by atoms with Gasteiger partial charge in [0, 0.05) is 5.57 Å². The summed E-state index contributed by atoms with van der Waals surface area (Å²) >= 11 is 0. The van der Waals surface area contributed by atoms with Crippen LogP contribution >= 0.6 is 0 Å². The van der Waals surface area contributed by atoms with Crippen molar-refractivity contribution in [2.24, 2.45) is 5.92 Å². The van der Waals surface area contributed by atoms with Crippen LogP contribution in [0, 0.1) is 5.92 Å². The first kappa shape index (κ1) is 11.4. The van der Waals surface area contributed by atoms with Gasteiger partial charge < -0.3 is 10.2 Å². The summed E-state index contributed by atoms with van der Waals surface area (Å²) in [6.45, 7) is 2.96. The summed E-state index contributed by atoms with van der Waals surface area (Å²) < 4.78 is 0. The monoisotopic (exact) mass is 184 g/mol.